The predicted octanol–water partition coefficient (Wildman–Crippen LogP) is 2.70. The van der Waals surface area contributed by atoms with E-state index in [1.807, 2.05) is 50.4 Å². The Bertz CT molecular complexity index is 534. The van der Waals surface area contributed by atoms with Gasteiger partial charge in [-0.3, -0.25) is 9.78 Å². The largest absolute Gasteiger partial charge is 0.341 e. The number of amides is 1. The van der Waals surface area contributed by atoms with E-state index in [0.29, 0.717) is 6.54 Å². The van der Waals surface area contributed by atoms with Crippen LogP contribution in [-0.4, -0.2) is 29.4 Å². The Morgan fingerprint density at radius 2 is 1.74 bits per heavy atom. The third-order valence-electron chi connectivity index (χ3n) is 3.13. The molecule has 0 N–H and O–H groups in total. The molecule has 98 valence electrons. The molecule has 0 aliphatic rings. The molecule has 0 atom stereocenters. The molecule has 0 saturated heterocycles. The van der Waals surface area contributed by atoms with E-state index in [1.54, 1.807) is 17.3 Å². The molecule has 0 fully saturated rings. The van der Waals surface area contributed by atoms with Crippen molar-refractivity contribution < 1.29 is 4.79 Å². The highest BCUT2D eigenvalue weighted by Crippen LogP contribution is 2.07. The summed E-state index contributed by atoms with van der Waals surface area (Å²) >= 11 is 0. The quantitative estimate of drug-likeness (QED) is 0.840. The topological polar surface area (TPSA) is 33.2 Å². The van der Waals surface area contributed by atoms with Gasteiger partial charge >= 0.3 is 0 Å². The van der Waals surface area contributed by atoms with Crippen molar-refractivity contribution in [1.29, 1.82) is 0 Å². The lowest BCUT2D eigenvalue weighted by Crippen LogP contribution is -2.28. The summed E-state index contributed by atoms with van der Waals surface area (Å²) in [6.07, 6.45) is 4.39. The van der Waals surface area contributed by atoms with E-state index in [4.69, 9.17) is 0 Å². The number of aryl methyl sites for hydroxylation is 1. The molecule has 0 saturated carbocycles. The first-order valence-corrected chi connectivity index (χ1v) is 6.38. The lowest BCUT2D eigenvalue weighted by atomic mass is 10.1. The number of hydrogen-bond donors (Lipinski definition) is 0. The molecular weight excluding hydrogens is 236 g/mol. The first-order chi connectivity index (χ1) is 9.16. The summed E-state index contributed by atoms with van der Waals surface area (Å²) in [5.41, 5.74) is 3.09. The van der Waals surface area contributed by atoms with Gasteiger partial charge in [-0.05, 0) is 43.2 Å². The Kier molecular flexibility index (Phi) is 4.29. The molecule has 1 heterocycles. The standard InChI is InChI=1S/C16H18N2O/c1-13-3-5-15(6-4-13)16(19)18(2)12-9-14-7-10-17-11-8-14/h3-8,10-11H,9,12H2,1-2H3. The van der Waals surface area contributed by atoms with Gasteiger partial charge in [-0.2, -0.15) is 0 Å². The fourth-order valence-electron chi connectivity index (χ4n) is 1.86. The lowest BCUT2D eigenvalue weighted by Gasteiger charge is -2.17. The highest BCUT2D eigenvalue weighted by Gasteiger charge is 2.10. The highest BCUT2D eigenvalue weighted by molar-refractivity contribution is 5.94. The van der Waals surface area contributed by atoms with Crippen molar-refractivity contribution in [2.45, 2.75) is 13.3 Å². The molecular formula is C16H18N2O. The van der Waals surface area contributed by atoms with Gasteiger partial charge in [0.05, 0.1) is 0 Å². The Morgan fingerprint density at radius 1 is 1.11 bits per heavy atom. The number of carbonyl (C=O) groups excluding carboxylic acids is 1. The van der Waals surface area contributed by atoms with Crippen LogP contribution >= 0.6 is 0 Å². The number of carbonyl (C=O) groups is 1. The van der Waals surface area contributed by atoms with Crippen LogP contribution in [0.4, 0.5) is 0 Å². The van der Waals surface area contributed by atoms with Crippen molar-refractivity contribution >= 4 is 5.91 Å². The van der Waals surface area contributed by atoms with Crippen LogP contribution in [0, 0.1) is 6.92 Å². The normalized spacial score (nSPS) is 10.2. The molecule has 1 amide bonds. The average molecular weight is 254 g/mol. The SMILES string of the molecule is Cc1ccc(C(=O)N(C)CCc2ccncc2)cc1. The Hall–Kier alpha value is -2.16. The molecule has 2 aromatic rings. The molecule has 3 heteroatoms. The van der Waals surface area contributed by atoms with Gasteiger partial charge in [0, 0.05) is 31.5 Å². The van der Waals surface area contributed by atoms with Crippen molar-refractivity contribution in [2.24, 2.45) is 0 Å². The second kappa shape index (κ2) is 6.14. The Labute approximate surface area is 113 Å². The summed E-state index contributed by atoms with van der Waals surface area (Å²) in [5.74, 6) is 0.0639. The number of pyridine rings is 1. The Morgan fingerprint density at radius 3 is 2.37 bits per heavy atom. The molecule has 0 aliphatic heterocycles. The fraction of sp³-hybridized carbons (Fsp3) is 0.250. The van der Waals surface area contributed by atoms with Crippen molar-refractivity contribution in [1.82, 2.24) is 9.88 Å². The van der Waals surface area contributed by atoms with Crippen LogP contribution in [0.15, 0.2) is 48.8 Å². The summed E-state index contributed by atoms with van der Waals surface area (Å²) in [6.45, 7) is 2.72. The van der Waals surface area contributed by atoms with E-state index in [0.717, 1.165) is 17.5 Å². The highest BCUT2D eigenvalue weighted by atomic mass is 16.2. The van der Waals surface area contributed by atoms with Gasteiger partial charge in [0.2, 0.25) is 0 Å². The molecule has 3 nitrogen and oxygen atoms in total. The van der Waals surface area contributed by atoms with Gasteiger partial charge in [0.25, 0.3) is 5.91 Å². The van der Waals surface area contributed by atoms with E-state index in [-0.39, 0.29) is 5.91 Å². The van der Waals surface area contributed by atoms with E-state index < -0.39 is 0 Å². The Balaban J connectivity index is 1.94. The van der Waals surface area contributed by atoms with Crippen molar-refractivity contribution in [3.63, 3.8) is 0 Å². The summed E-state index contributed by atoms with van der Waals surface area (Å²) in [4.78, 5) is 17.9. The number of aromatic nitrogens is 1. The monoisotopic (exact) mass is 254 g/mol. The third kappa shape index (κ3) is 3.65. The number of nitrogens with zero attached hydrogens (tertiary/aromatic N) is 2. The number of rotatable bonds is 4. The predicted molar refractivity (Wildman–Crippen MR) is 76.1 cm³/mol. The van der Waals surface area contributed by atoms with Gasteiger partial charge in [0.15, 0.2) is 0 Å². The molecule has 0 radical (unpaired) electrons. The molecule has 19 heavy (non-hydrogen) atoms. The summed E-state index contributed by atoms with van der Waals surface area (Å²) in [6, 6.07) is 11.6. The first-order valence-electron chi connectivity index (χ1n) is 6.38. The van der Waals surface area contributed by atoms with Crippen LogP contribution in [-0.2, 0) is 6.42 Å². The van der Waals surface area contributed by atoms with Crippen LogP contribution in [0.2, 0.25) is 0 Å². The number of hydrogen-bond acceptors (Lipinski definition) is 2. The molecule has 1 aromatic carbocycles. The van der Waals surface area contributed by atoms with E-state index in [2.05, 4.69) is 4.98 Å². The van der Waals surface area contributed by atoms with E-state index in [9.17, 15) is 4.79 Å². The maximum atomic E-state index is 12.2. The zero-order valence-electron chi connectivity index (χ0n) is 11.3. The minimum atomic E-state index is 0.0639. The van der Waals surface area contributed by atoms with Crippen LogP contribution in [0.25, 0.3) is 0 Å². The molecule has 0 unspecified atom stereocenters. The lowest BCUT2D eigenvalue weighted by molar-refractivity contribution is 0.0796. The zero-order valence-corrected chi connectivity index (χ0v) is 11.3. The van der Waals surface area contributed by atoms with Crippen LogP contribution in [0.3, 0.4) is 0 Å². The molecule has 0 aliphatic carbocycles. The summed E-state index contributed by atoms with van der Waals surface area (Å²) in [5, 5.41) is 0. The molecule has 0 spiro atoms. The average Bonchev–Trinajstić information content (AvgIpc) is 2.46. The summed E-state index contributed by atoms with van der Waals surface area (Å²) in [7, 11) is 1.84. The zero-order chi connectivity index (χ0) is 13.7. The maximum Gasteiger partial charge on any atom is 0.253 e. The van der Waals surface area contributed by atoms with Crippen LogP contribution in [0.5, 0.6) is 0 Å². The van der Waals surface area contributed by atoms with Crippen LogP contribution in [0.1, 0.15) is 21.5 Å². The minimum Gasteiger partial charge on any atom is -0.341 e. The van der Waals surface area contributed by atoms with Crippen LogP contribution < -0.4 is 0 Å². The second-order valence-electron chi connectivity index (χ2n) is 4.70. The fourth-order valence-corrected chi connectivity index (χ4v) is 1.86. The minimum absolute atomic E-state index is 0.0639. The van der Waals surface area contributed by atoms with Gasteiger partial charge < -0.3 is 4.90 Å². The smallest absolute Gasteiger partial charge is 0.253 e. The molecule has 0 bridgehead atoms. The van der Waals surface area contributed by atoms with E-state index in [1.165, 1.54) is 5.56 Å². The number of likely N-dealkylation sites (N-methyl/N-ethyl adjacent to an activating group) is 1. The third-order valence-corrected chi connectivity index (χ3v) is 3.13. The van der Waals surface area contributed by atoms with Crippen molar-refractivity contribution in [2.75, 3.05) is 13.6 Å². The van der Waals surface area contributed by atoms with Gasteiger partial charge in [-0.25, -0.2) is 0 Å². The molecule has 1 aromatic heterocycles. The summed E-state index contributed by atoms with van der Waals surface area (Å²) < 4.78 is 0. The van der Waals surface area contributed by atoms with Gasteiger partial charge in [-0.1, -0.05) is 17.7 Å². The van der Waals surface area contributed by atoms with Crippen molar-refractivity contribution in [3.8, 4) is 0 Å². The van der Waals surface area contributed by atoms with Gasteiger partial charge in [-0.15, -0.1) is 0 Å². The van der Waals surface area contributed by atoms with E-state index >= 15 is 0 Å². The second-order valence-corrected chi connectivity index (χ2v) is 4.70. The number of benzene rings is 1. The van der Waals surface area contributed by atoms with Gasteiger partial charge in [0.1, 0.15) is 0 Å². The first kappa shape index (κ1) is 13.3. The van der Waals surface area contributed by atoms with Crippen molar-refractivity contribution in [3.05, 3.63) is 65.5 Å². The maximum absolute atomic E-state index is 12.2. The molecule has 2 rings (SSSR count).